The summed E-state index contributed by atoms with van der Waals surface area (Å²) in [6, 6.07) is 1.45. The van der Waals surface area contributed by atoms with E-state index in [0.29, 0.717) is 0 Å². The standard InChI is InChI=1S/C16H25N3O5S/c1-19-11-13(10-14(19)16(21)24-2)25(22,23)17-9-8-15(20)18-12-6-4-3-5-7-12/h10-12,17H,3-9H2,1-2H3,(H,18,20). The monoisotopic (exact) mass is 371 g/mol. The minimum Gasteiger partial charge on any atom is -0.464 e. The zero-order valence-corrected chi connectivity index (χ0v) is 15.4. The van der Waals surface area contributed by atoms with E-state index < -0.39 is 16.0 Å². The van der Waals surface area contributed by atoms with Crippen molar-refractivity contribution in [2.45, 2.75) is 49.5 Å². The van der Waals surface area contributed by atoms with Gasteiger partial charge in [0, 0.05) is 32.3 Å². The zero-order valence-electron chi connectivity index (χ0n) is 14.6. The Morgan fingerprint density at radius 1 is 1.28 bits per heavy atom. The van der Waals surface area contributed by atoms with Gasteiger partial charge in [-0.3, -0.25) is 4.79 Å². The summed E-state index contributed by atoms with van der Waals surface area (Å²) in [6.45, 7) is 0.00331. The fourth-order valence-electron chi connectivity index (χ4n) is 2.92. The maximum absolute atomic E-state index is 12.3. The Balaban J connectivity index is 1.86. The van der Waals surface area contributed by atoms with E-state index in [1.807, 2.05) is 0 Å². The molecule has 1 saturated carbocycles. The van der Waals surface area contributed by atoms with Crippen LogP contribution in [0.2, 0.25) is 0 Å². The molecular weight excluding hydrogens is 346 g/mol. The summed E-state index contributed by atoms with van der Waals surface area (Å²) in [5.74, 6) is -0.770. The van der Waals surface area contributed by atoms with Gasteiger partial charge in [-0.1, -0.05) is 19.3 Å². The average Bonchev–Trinajstić information content (AvgIpc) is 2.97. The van der Waals surface area contributed by atoms with Crippen molar-refractivity contribution >= 4 is 21.9 Å². The van der Waals surface area contributed by atoms with Crippen molar-refractivity contribution in [3.8, 4) is 0 Å². The van der Waals surface area contributed by atoms with Crippen LogP contribution in [0.1, 0.15) is 49.0 Å². The number of hydrogen-bond donors (Lipinski definition) is 2. The van der Waals surface area contributed by atoms with Crippen LogP contribution in [0.3, 0.4) is 0 Å². The highest BCUT2D eigenvalue weighted by atomic mass is 32.2. The Morgan fingerprint density at radius 3 is 2.60 bits per heavy atom. The fraction of sp³-hybridized carbons (Fsp3) is 0.625. The third kappa shape index (κ3) is 5.30. The summed E-state index contributed by atoms with van der Waals surface area (Å²) in [6.07, 6.45) is 6.82. The molecule has 9 heteroatoms. The van der Waals surface area contributed by atoms with Gasteiger partial charge in [-0.05, 0) is 18.9 Å². The van der Waals surface area contributed by atoms with E-state index in [-0.39, 0.29) is 35.5 Å². The summed E-state index contributed by atoms with van der Waals surface area (Å²) in [7, 11) is -1.00. The van der Waals surface area contributed by atoms with Crippen LogP contribution in [0.15, 0.2) is 17.2 Å². The minimum absolute atomic E-state index is 0.00331. The molecule has 1 amide bonds. The molecule has 1 aromatic heterocycles. The summed E-state index contributed by atoms with van der Waals surface area (Å²) in [4.78, 5) is 23.4. The molecule has 8 nitrogen and oxygen atoms in total. The Hall–Kier alpha value is -1.87. The first-order valence-corrected chi connectivity index (χ1v) is 9.85. The molecule has 0 spiro atoms. The highest BCUT2D eigenvalue weighted by molar-refractivity contribution is 7.89. The Bertz CT molecular complexity index is 720. The molecule has 0 atom stereocenters. The third-order valence-electron chi connectivity index (χ3n) is 4.30. The molecule has 1 aliphatic carbocycles. The molecule has 1 aromatic rings. The fourth-order valence-corrected chi connectivity index (χ4v) is 4.02. The number of carbonyl (C=O) groups excluding carboxylic acids is 2. The van der Waals surface area contributed by atoms with Crippen molar-refractivity contribution < 1.29 is 22.7 Å². The maximum atomic E-state index is 12.3. The molecule has 0 radical (unpaired) electrons. The molecule has 140 valence electrons. The van der Waals surface area contributed by atoms with Crippen molar-refractivity contribution in [2.75, 3.05) is 13.7 Å². The Labute approximate surface area is 148 Å². The zero-order chi connectivity index (χ0) is 18.4. The van der Waals surface area contributed by atoms with Gasteiger partial charge in [-0.15, -0.1) is 0 Å². The third-order valence-corrected chi connectivity index (χ3v) is 5.73. The SMILES string of the molecule is COC(=O)c1cc(S(=O)(=O)NCCC(=O)NC2CCCCC2)cn1C. The number of rotatable bonds is 7. The number of ether oxygens (including phenoxy) is 1. The predicted molar refractivity (Wildman–Crippen MR) is 91.6 cm³/mol. The van der Waals surface area contributed by atoms with Gasteiger partial charge in [-0.2, -0.15) is 0 Å². The topological polar surface area (TPSA) is 106 Å². The van der Waals surface area contributed by atoms with Gasteiger partial charge in [-0.25, -0.2) is 17.9 Å². The van der Waals surface area contributed by atoms with Gasteiger partial charge < -0.3 is 14.6 Å². The van der Waals surface area contributed by atoms with Gasteiger partial charge in [0.15, 0.2) is 0 Å². The lowest BCUT2D eigenvalue weighted by molar-refractivity contribution is -0.121. The highest BCUT2D eigenvalue weighted by Crippen LogP contribution is 2.17. The molecular formula is C16H25N3O5S. The first-order chi connectivity index (χ1) is 11.8. The van der Waals surface area contributed by atoms with E-state index >= 15 is 0 Å². The minimum atomic E-state index is -3.79. The number of carbonyl (C=O) groups is 2. The van der Waals surface area contributed by atoms with Crippen LogP contribution in [-0.2, 0) is 26.6 Å². The van der Waals surface area contributed by atoms with Crippen molar-refractivity contribution in [3.63, 3.8) is 0 Å². The second-order valence-corrected chi connectivity index (χ2v) is 7.98. The molecule has 0 saturated heterocycles. The molecule has 2 N–H and O–H groups in total. The van der Waals surface area contributed by atoms with Gasteiger partial charge >= 0.3 is 5.97 Å². The molecule has 25 heavy (non-hydrogen) atoms. The molecule has 1 heterocycles. The van der Waals surface area contributed by atoms with E-state index in [0.717, 1.165) is 25.7 Å². The number of hydrogen-bond acceptors (Lipinski definition) is 5. The number of sulfonamides is 1. The van der Waals surface area contributed by atoms with E-state index in [4.69, 9.17) is 0 Å². The number of nitrogens with zero attached hydrogens (tertiary/aromatic N) is 1. The van der Waals surface area contributed by atoms with Crippen molar-refractivity contribution in [1.29, 1.82) is 0 Å². The van der Waals surface area contributed by atoms with Crippen LogP contribution in [-0.4, -0.2) is 44.6 Å². The number of amides is 1. The Morgan fingerprint density at radius 2 is 1.96 bits per heavy atom. The van der Waals surface area contributed by atoms with Gasteiger partial charge in [0.1, 0.15) is 10.6 Å². The van der Waals surface area contributed by atoms with Crippen molar-refractivity contribution in [2.24, 2.45) is 7.05 Å². The van der Waals surface area contributed by atoms with Gasteiger partial charge in [0.2, 0.25) is 15.9 Å². The number of methoxy groups -OCH3 is 1. The highest BCUT2D eigenvalue weighted by Gasteiger charge is 2.21. The second-order valence-electron chi connectivity index (χ2n) is 6.21. The normalized spacial score (nSPS) is 15.8. The van der Waals surface area contributed by atoms with E-state index in [9.17, 15) is 18.0 Å². The van der Waals surface area contributed by atoms with E-state index in [2.05, 4.69) is 14.8 Å². The second kappa shape index (κ2) is 8.48. The van der Waals surface area contributed by atoms with Crippen LogP contribution in [0, 0.1) is 0 Å². The Kier molecular flexibility index (Phi) is 6.60. The molecule has 0 bridgehead atoms. The van der Waals surface area contributed by atoms with Crippen LogP contribution in [0.25, 0.3) is 0 Å². The summed E-state index contributed by atoms with van der Waals surface area (Å²) < 4.78 is 32.9. The largest absolute Gasteiger partial charge is 0.464 e. The molecule has 0 aliphatic heterocycles. The van der Waals surface area contributed by atoms with Crippen LogP contribution in [0.4, 0.5) is 0 Å². The molecule has 1 fully saturated rings. The summed E-state index contributed by atoms with van der Waals surface area (Å²) in [5.41, 5.74) is 0.137. The number of esters is 1. The number of aryl methyl sites for hydroxylation is 1. The van der Waals surface area contributed by atoms with Crippen LogP contribution in [0.5, 0.6) is 0 Å². The lowest BCUT2D eigenvalue weighted by atomic mass is 9.95. The number of nitrogens with one attached hydrogen (secondary N) is 2. The molecule has 0 unspecified atom stereocenters. The first kappa shape index (κ1) is 19.5. The summed E-state index contributed by atoms with van der Waals surface area (Å²) in [5, 5.41) is 2.94. The molecule has 2 rings (SSSR count). The molecule has 0 aromatic carbocycles. The maximum Gasteiger partial charge on any atom is 0.354 e. The lowest BCUT2D eigenvalue weighted by Gasteiger charge is -2.22. The molecule has 1 aliphatic rings. The van der Waals surface area contributed by atoms with Gasteiger partial charge in [0.25, 0.3) is 0 Å². The van der Waals surface area contributed by atoms with Crippen LogP contribution >= 0.6 is 0 Å². The van der Waals surface area contributed by atoms with E-state index in [1.165, 1.54) is 30.4 Å². The lowest BCUT2D eigenvalue weighted by Crippen LogP contribution is -2.38. The summed E-state index contributed by atoms with van der Waals surface area (Å²) >= 11 is 0. The van der Waals surface area contributed by atoms with Crippen LogP contribution < -0.4 is 10.0 Å². The smallest absolute Gasteiger partial charge is 0.354 e. The van der Waals surface area contributed by atoms with Gasteiger partial charge in [0.05, 0.1) is 7.11 Å². The van der Waals surface area contributed by atoms with E-state index in [1.54, 1.807) is 7.05 Å². The van der Waals surface area contributed by atoms with Crippen molar-refractivity contribution in [3.05, 3.63) is 18.0 Å². The average molecular weight is 371 g/mol. The number of aromatic nitrogens is 1. The quantitative estimate of drug-likeness (QED) is 0.694. The van der Waals surface area contributed by atoms with Crippen molar-refractivity contribution in [1.82, 2.24) is 14.6 Å². The predicted octanol–water partition coefficient (Wildman–Crippen LogP) is 0.929. The first-order valence-electron chi connectivity index (χ1n) is 8.37.